The van der Waals surface area contributed by atoms with E-state index in [1.807, 2.05) is 0 Å². The number of fused-ring (bicyclic) bond motifs is 1. The van der Waals surface area contributed by atoms with Gasteiger partial charge in [0.1, 0.15) is 0 Å². The summed E-state index contributed by atoms with van der Waals surface area (Å²) in [6, 6.07) is 6.97. The molecule has 0 amide bonds. The molecule has 1 atom stereocenters. The Bertz CT molecular complexity index is 430. The zero-order chi connectivity index (χ0) is 12.5. The summed E-state index contributed by atoms with van der Waals surface area (Å²) in [4.78, 5) is 4.89. The van der Waals surface area contributed by atoms with E-state index in [1.54, 1.807) is 0 Å². The minimum Gasteiger partial charge on any atom is -0.374 e. The van der Waals surface area contributed by atoms with Crippen molar-refractivity contribution in [1.82, 2.24) is 4.90 Å². The fraction of sp³-hybridized carbons (Fsp3) is 0.600. The number of likely N-dealkylation sites (N-methyl/N-ethyl adjacent to an activating group) is 1. The van der Waals surface area contributed by atoms with Crippen LogP contribution in [0.5, 0.6) is 0 Å². The van der Waals surface area contributed by atoms with Crippen LogP contribution in [0.3, 0.4) is 0 Å². The first kappa shape index (κ1) is 12.0. The molecule has 0 spiro atoms. The molecule has 0 saturated carbocycles. The Labute approximate surface area is 110 Å². The van der Waals surface area contributed by atoms with Crippen LogP contribution in [0.4, 0.5) is 5.69 Å². The van der Waals surface area contributed by atoms with Crippen molar-refractivity contribution in [2.75, 3.05) is 38.1 Å². The molecule has 1 aromatic carbocycles. The Balaban J connectivity index is 1.67. The first-order valence-corrected chi connectivity index (χ1v) is 7.01. The molecule has 3 nitrogen and oxygen atoms in total. The van der Waals surface area contributed by atoms with Crippen LogP contribution in [0.15, 0.2) is 18.2 Å². The van der Waals surface area contributed by atoms with E-state index in [2.05, 4.69) is 35.0 Å². The average molecular weight is 245 g/mol. The van der Waals surface area contributed by atoms with Crippen molar-refractivity contribution in [3.8, 4) is 0 Å². The molecule has 3 rings (SSSR count). The van der Waals surface area contributed by atoms with Crippen molar-refractivity contribution in [2.24, 2.45) is 11.7 Å². The van der Waals surface area contributed by atoms with Crippen molar-refractivity contribution >= 4 is 5.69 Å². The smallest absolute Gasteiger partial charge is 0.0397 e. The number of anilines is 1. The van der Waals surface area contributed by atoms with Crippen LogP contribution >= 0.6 is 0 Å². The van der Waals surface area contributed by atoms with E-state index in [0.717, 1.165) is 19.6 Å². The third kappa shape index (κ3) is 2.25. The Morgan fingerprint density at radius 3 is 3.00 bits per heavy atom. The van der Waals surface area contributed by atoms with Crippen molar-refractivity contribution < 1.29 is 0 Å². The Kier molecular flexibility index (Phi) is 3.27. The second-order valence-electron chi connectivity index (χ2n) is 5.76. The predicted octanol–water partition coefficient (Wildman–Crippen LogP) is 1.46. The molecule has 3 heteroatoms. The standard InChI is InChI=1S/C15H23N3/c1-17-6-5-14-8-12(2-3-15(14)17)10-18-7-4-13(9-16)11-18/h2-3,8,13H,4-7,9-11,16H2,1H3. The number of hydrogen-bond acceptors (Lipinski definition) is 3. The maximum Gasteiger partial charge on any atom is 0.0397 e. The molecular formula is C15H23N3. The van der Waals surface area contributed by atoms with Gasteiger partial charge in [0.25, 0.3) is 0 Å². The molecule has 18 heavy (non-hydrogen) atoms. The van der Waals surface area contributed by atoms with Gasteiger partial charge in [-0.25, -0.2) is 0 Å². The maximum absolute atomic E-state index is 5.75. The van der Waals surface area contributed by atoms with Crippen molar-refractivity contribution in [3.63, 3.8) is 0 Å². The van der Waals surface area contributed by atoms with E-state index < -0.39 is 0 Å². The van der Waals surface area contributed by atoms with Gasteiger partial charge < -0.3 is 10.6 Å². The molecule has 1 saturated heterocycles. The zero-order valence-electron chi connectivity index (χ0n) is 11.2. The highest BCUT2D eigenvalue weighted by Gasteiger charge is 2.22. The first-order chi connectivity index (χ1) is 8.76. The molecule has 1 fully saturated rings. The molecule has 0 bridgehead atoms. The van der Waals surface area contributed by atoms with Crippen LogP contribution in [0, 0.1) is 5.92 Å². The number of rotatable bonds is 3. The molecule has 2 N–H and O–H groups in total. The van der Waals surface area contributed by atoms with Gasteiger partial charge in [0, 0.05) is 32.4 Å². The zero-order valence-corrected chi connectivity index (χ0v) is 11.2. The van der Waals surface area contributed by atoms with Crippen molar-refractivity contribution in [2.45, 2.75) is 19.4 Å². The number of nitrogens with zero attached hydrogens (tertiary/aromatic N) is 2. The minimum absolute atomic E-state index is 0.713. The van der Waals surface area contributed by atoms with E-state index in [9.17, 15) is 0 Å². The Hall–Kier alpha value is -1.06. The number of likely N-dealkylation sites (tertiary alicyclic amines) is 1. The van der Waals surface area contributed by atoms with E-state index in [4.69, 9.17) is 5.73 Å². The lowest BCUT2D eigenvalue weighted by molar-refractivity contribution is 0.318. The normalized spacial score (nSPS) is 23.7. The Morgan fingerprint density at radius 2 is 2.22 bits per heavy atom. The van der Waals surface area contributed by atoms with E-state index >= 15 is 0 Å². The molecule has 2 aliphatic heterocycles. The van der Waals surface area contributed by atoms with Gasteiger partial charge in [-0.1, -0.05) is 12.1 Å². The SMILES string of the molecule is CN1CCc2cc(CN3CCC(CN)C3)ccc21. The fourth-order valence-electron chi connectivity index (χ4n) is 3.23. The van der Waals surface area contributed by atoms with Gasteiger partial charge >= 0.3 is 0 Å². The van der Waals surface area contributed by atoms with Crippen LogP contribution in [0.1, 0.15) is 17.5 Å². The van der Waals surface area contributed by atoms with E-state index in [0.29, 0.717) is 5.92 Å². The molecule has 98 valence electrons. The summed E-state index contributed by atoms with van der Waals surface area (Å²) in [6.07, 6.45) is 2.47. The highest BCUT2D eigenvalue weighted by Crippen LogP contribution is 2.28. The van der Waals surface area contributed by atoms with Crippen LogP contribution in [-0.4, -0.2) is 38.1 Å². The largest absolute Gasteiger partial charge is 0.374 e. The summed E-state index contributed by atoms with van der Waals surface area (Å²) >= 11 is 0. The van der Waals surface area contributed by atoms with Crippen LogP contribution in [0.25, 0.3) is 0 Å². The third-order valence-electron chi connectivity index (χ3n) is 4.38. The molecular weight excluding hydrogens is 222 g/mol. The van der Waals surface area contributed by atoms with Gasteiger partial charge in [-0.15, -0.1) is 0 Å². The van der Waals surface area contributed by atoms with Crippen LogP contribution in [0.2, 0.25) is 0 Å². The van der Waals surface area contributed by atoms with Crippen LogP contribution < -0.4 is 10.6 Å². The second-order valence-corrected chi connectivity index (χ2v) is 5.76. The highest BCUT2D eigenvalue weighted by atomic mass is 15.1. The molecule has 1 unspecified atom stereocenters. The van der Waals surface area contributed by atoms with Gasteiger partial charge in [0.2, 0.25) is 0 Å². The predicted molar refractivity (Wildman–Crippen MR) is 75.9 cm³/mol. The fourth-order valence-corrected chi connectivity index (χ4v) is 3.23. The maximum atomic E-state index is 5.75. The lowest BCUT2D eigenvalue weighted by Gasteiger charge is -2.17. The van der Waals surface area contributed by atoms with Crippen molar-refractivity contribution in [1.29, 1.82) is 0 Å². The Morgan fingerprint density at radius 1 is 1.33 bits per heavy atom. The summed E-state index contributed by atoms with van der Waals surface area (Å²) in [6.45, 7) is 5.48. The number of benzene rings is 1. The summed E-state index contributed by atoms with van der Waals surface area (Å²) in [5.74, 6) is 0.713. The highest BCUT2D eigenvalue weighted by molar-refractivity contribution is 5.58. The lowest BCUT2D eigenvalue weighted by Crippen LogP contribution is -2.22. The summed E-state index contributed by atoms with van der Waals surface area (Å²) < 4.78 is 0. The topological polar surface area (TPSA) is 32.5 Å². The minimum atomic E-state index is 0.713. The molecule has 0 aromatic heterocycles. The second kappa shape index (κ2) is 4.90. The molecule has 2 aliphatic rings. The molecule has 0 radical (unpaired) electrons. The number of hydrogen-bond donors (Lipinski definition) is 1. The lowest BCUT2D eigenvalue weighted by atomic mass is 10.1. The molecule has 0 aliphatic carbocycles. The van der Waals surface area contributed by atoms with Gasteiger partial charge in [-0.2, -0.15) is 0 Å². The van der Waals surface area contributed by atoms with Gasteiger partial charge in [0.05, 0.1) is 0 Å². The molecule has 1 aromatic rings. The summed E-state index contributed by atoms with van der Waals surface area (Å²) in [5, 5.41) is 0. The summed E-state index contributed by atoms with van der Waals surface area (Å²) in [7, 11) is 2.18. The van der Waals surface area contributed by atoms with E-state index in [-0.39, 0.29) is 0 Å². The first-order valence-electron chi connectivity index (χ1n) is 7.01. The van der Waals surface area contributed by atoms with Gasteiger partial charge in [0.15, 0.2) is 0 Å². The van der Waals surface area contributed by atoms with Crippen LogP contribution in [-0.2, 0) is 13.0 Å². The van der Waals surface area contributed by atoms with Gasteiger partial charge in [-0.05, 0) is 49.0 Å². The number of nitrogens with two attached hydrogens (primary N) is 1. The summed E-state index contributed by atoms with van der Waals surface area (Å²) in [5.41, 5.74) is 10.1. The molecule has 2 heterocycles. The monoisotopic (exact) mass is 245 g/mol. The quantitative estimate of drug-likeness (QED) is 0.875. The van der Waals surface area contributed by atoms with Crippen molar-refractivity contribution in [3.05, 3.63) is 29.3 Å². The average Bonchev–Trinajstić information content (AvgIpc) is 2.97. The van der Waals surface area contributed by atoms with E-state index in [1.165, 1.54) is 42.7 Å². The van der Waals surface area contributed by atoms with Gasteiger partial charge in [-0.3, -0.25) is 4.90 Å². The third-order valence-corrected chi connectivity index (χ3v) is 4.38.